The number of carbonyl (C=O) groups is 1. The summed E-state index contributed by atoms with van der Waals surface area (Å²) in [5.74, 6) is 1.11. The van der Waals surface area contributed by atoms with Crippen LogP contribution in [-0.2, 0) is 4.74 Å². The first-order chi connectivity index (χ1) is 12.0. The van der Waals surface area contributed by atoms with Gasteiger partial charge in [-0.1, -0.05) is 0 Å². The quantitative estimate of drug-likeness (QED) is 0.686. The molecule has 130 valence electrons. The fourth-order valence-electron chi connectivity index (χ4n) is 2.48. The number of esters is 1. The van der Waals surface area contributed by atoms with Crippen molar-refractivity contribution in [2.24, 2.45) is 0 Å². The summed E-state index contributed by atoms with van der Waals surface area (Å²) >= 11 is 1.30. The van der Waals surface area contributed by atoms with E-state index in [0.717, 1.165) is 27.2 Å². The molecule has 0 fully saturated rings. The van der Waals surface area contributed by atoms with Gasteiger partial charge >= 0.3 is 5.97 Å². The molecular formula is C18H19N3O3S. The Hall–Kier alpha value is -2.67. The van der Waals surface area contributed by atoms with Crippen molar-refractivity contribution in [1.29, 1.82) is 0 Å². The lowest BCUT2D eigenvalue weighted by Crippen LogP contribution is -2.05. The Morgan fingerprint density at radius 2 is 1.92 bits per heavy atom. The number of ether oxygens (including phenoxy) is 2. The number of hydrogen-bond donors (Lipinski definition) is 1. The maximum Gasteiger partial charge on any atom is 0.348 e. The third kappa shape index (κ3) is 3.56. The standard InChI is InChI=1S/C18H19N3O3S/c1-10(2)24-13-7-5-12(6-8-13)21-16-14-11(3)15(18(22)23-4)25-17(14)20-9-19-16/h5-10H,1-4H3,(H,19,20,21). The summed E-state index contributed by atoms with van der Waals surface area (Å²) in [6.07, 6.45) is 1.61. The molecule has 0 bridgehead atoms. The van der Waals surface area contributed by atoms with Gasteiger partial charge < -0.3 is 14.8 Å². The van der Waals surface area contributed by atoms with E-state index < -0.39 is 0 Å². The number of rotatable bonds is 5. The molecule has 3 aromatic rings. The zero-order chi connectivity index (χ0) is 18.0. The van der Waals surface area contributed by atoms with Crippen molar-refractivity contribution < 1.29 is 14.3 Å². The van der Waals surface area contributed by atoms with E-state index in [0.29, 0.717) is 10.7 Å². The molecule has 0 saturated heterocycles. The minimum absolute atomic E-state index is 0.130. The van der Waals surface area contributed by atoms with Crippen molar-refractivity contribution in [2.45, 2.75) is 26.9 Å². The summed E-state index contributed by atoms with van der Waals surface area (Å²) in [5.41, 5.74) is 1.69. The van der Waals surface area contributed by atoms with E-state index in [1.54, 1.807) is 0 Å². The number of thiophene rings is 1. The van der Waals surface area contributed by atoms with Crippen LogP contribution in [0.3, 0.4) is 0 Å². The van der Waals surface area contributed by atoms with Gasteiger partial charge in [-0.25, -0.2) is 14.8 Å². The number of methoxy groups -OCH3 is 1. The van der Waals surface area contributed by atoms with E-state index in [2.05, 4.69) is 15.3 Å². The van der Waals surface area contributed by atoms with Crippen LogP contribution in [0, 0.1) is 6.92 Å². The van der Waals surface area contributed by atoms with Gasteiger partial charge in [-0.3, -0.25) is 0 Å². The first-order valence-corrected chi connectivity index (χ1v) is 8.67. The lowest BCUT2D eigenvalue weighted by molar-refractivity contribution is 0.0605. The molecule has 2 heterocycles. The topological polar surface area (TPSA) is 73.3 Å². The Balaban J connectivity index is 1.93. The molecule has 0 unspecified atom stereocenters. The third-order valence-corrected chi connectivity index (χ3v) is 4.77. The van der Waals surface area contributed by atoms with E-state index in [4.69, 9.17) is 9.47 Å². The van der Waals surface area contributed by atoms with Crippen molar-refractivity contribution in [3.63, 3.8) is 0 Å². The molecule has 0 radical (unpaired) electrons. The van der Waals surface area contributed by atoms with E-state index in [1.807, 2.05) is 45.0 Å². The lowest BCUT2D eigenvalue weighted by Gasteiger charge is -2.11. The second kappa shape index (κ2) is 7.06. The van der Waals surface area contributed by atoms with Gasteiger partial charge in [-0.05, 0) is 50.6 Å². The Bertz CT molecular complexity index is 904. The van der Waals surface area contributed by atoms with Crippen LogP contribution in [0.4, 0.5) is 11.5 Å². The van der Waals surface area contributed by atoms with Crippen LogP contribution < -0.4 is 10.1 Å². The van der Waals surface area contributed by atoms with Gasteiger partial charge in [0.05, 0.1) is 18.6 Å². The van der Waals surface area contributed by atoms with Gasteiger partial charge in [0.1, 0.15) is 27.6 Å². The summed E-state index contributed by atoms with van der Waals surface area (Å²) in [6.45, 7) is 5.85. The number of nitrogens with one attached hydrogen (secondary N) is 1. The second-order valence-electron chi connectivity index (χ2n) is 5.77. The zero-order valence-electron chi connectivity index (χ0n) is 14.5. The SMILES string of the molecule is COC(=O)c1sc2ncnc(Nc3ccc(OC(C)C)cc3)c2c1C. The number of hydrogen-bond acceptors (Lipinski definition) is 7. The number of nitrogens with zero attached hydrogens (tertiary/aromatic N) is 2. The van der Waals surface area contributed by atoms with Crippen LogP contribution in [0.5, 0.6) is 5.75 Å². The maximum atomic E-state index is 11.9. The Labute approximate surface area is 149 Å². The molecule has 1 N–H and O–H groups in total. The highest BCUT2D eigenvalue weighted by Crippen LogP contribution is 2.34. The first kappa shape index (κ1) is 17.2. The molecule has 7 heteroatoms. The predicted molar refractivity (Wildman–Crippen MR) is 99.0 cm³/mol. The van der Waals surface area contributed by atoms with Gasteiger partial charge in [0.2, 0.25) is 0 Å². The number of aromatic nitrogens is 2. The number of carbonyl (C=O) groups excluding carboxylic acids is 1. The zero-order valence-corrected chi connectivity index (χ0v) is 15.3. The summed E-state index contributed by atoms with van der Waals surface area (Å²) in [5, 5.41) is 4.12. The molecular weight excluding hydrogens is 338 g/mol. The molecule has 0 saturated carbocycles. The van der Waals surface area contributed by atoms with Crippen LogP contribution in [-0.4, -0.2) is 29.2 Å². The van der Waals surface area contributed by atoms with Crippen molar-refractivity contribution in [2.75, 3.05) is 12.4 Å². The Morgan fingerprint density at radius 3 is 2.56 bits per heavy atom. The number of benzene rings is 1. The smallest absolute Gasteiger partial charge is 0.348 e. The van der Waals surface area contributed by atoms with Gasteiger partial charge in [0, 0.05) is 5.69 Å². The largest absolute Gasteiger partial charge is 0.491 e. The molecule has 3 rings (SSSR count). The molecule has 0 amide bonds. The van der Waals surface area contributed by atoms with Crippen LogP contribution >= 0.6 is 11.3 Å². The lowest BCUT2D eigenvalue weighted by atomic mass is 10.2. The Kier molecular flexibility index (Phi) is 4.85. The molecule has 0 aliphatic rings. The highest BCUT2D eigenvalue weighted by molar-refractivity contribution is 7.20. The second-order valence-corrected chi connectivity index (χ2v) is 6.77. The van der Waals surface area contributed by atoms with E-state index in [-0.39, 0.29) is 12.1 Å². The van der Waals surface area contributed by atoms with E-state index in [9.17, 15) is 4.79 Å². The van der Waals surface area contributed by atoms with Crippen molar-refractivity contribution >= 4 is 39.0 Å². The fraction of sp³-hybridized carbons (Fsp3) is 0.278. The third-order valence-electron chi connectivity index (χ3n) is 3.59. The summed E-state index contributed by atoms with van der Waals surface area (Å²) in [7, 11) is 1.37. The number of aryl methyl sites for hydroxylation is 1. The maximum absolute atomic E-state index is 11.9. The molecule has 0 spiro atoms. The van der Waals surface area contributed by atoms with Gasteiger partial charge in [-0.15, -0.1) is 11.3 Å². The molecule has 2 aromatic heterocycles. The van der Waals surface area contributed by atoms with Gasteiger partial charge in [0.25, 0.3) is 0 Å². The predicted octanol–water partition coefficient (Wildman–Crippen LogP) is 4.32. The summed E-state index contributed by atoms with van der Waals surface area (Å²) in [4.78, 5) is 21.8. The van der Waals surface area contributed by atoms with Crippen LogP contribution in [0.2, 0.25) is 0 Å². The average Bonchev–Trinajstić information content (AvgIpc) is 2.93. The van der Waals surface area contributed by atoms with Crippen molar-refractivity contribution in [3.05, 3.63) is 41.0 Å². The van der Waals surface area contributed by atoms with Crippen LogP contribution in [0.25, 0.3) is 10.2 Å². The van der Waals surface area contributed by atoms with Gasteiger partial charge in [0.15, 0.2) is 0 Å². The minimum Gasteiger partial charge on any atom is -0.491 e. The molecule has 0 atom stereocenters. The van der Waals surface area contributed by atoms with Crippen LogP contribution in [0.15, 0.2) is 30.6 Å². The summed E-state index contributed by atoms with van der Waals surface area (Å²) in [6, 6.07) is 7.66. The highest BCUT2D eigenvalue weighted by Gasteiger charge is 2.19. The monoisotopic (exact) mass is 357 g/mol. The first-order valence-electron chi connectivity index (χ1n) is 7.85. The van der Waals surface area contributed by atoms with Crippen molar-refractivity contribution in [3.8, 4) is 5.75 Å². The van der Waals surface area contributed by atoms with E-state index in [1.165, 1.54) is 24.8 Å². The number of fused-ring (bicyclic) bond motifs is 1. The van der Waals surface area contributed by atoms with Crippen LogP contribution in [0.1, 0.15) is 29.1 Å². The molecule has 25 heavy (non-hydrogen) atoms. The molecule has 0 aliphatic heterocycles. The molecule has 0 aliphatic carbocycles. The molecule has 1 aromatic carbocycles. The van der Waals surface area contributed by atoms with Gasteiger partial charge in [-0.2, -0.15) is 0 Å². The van der Waals surface area contributed by atoms with Crippen molar-refractivity contribution in [1.82, 2.24) is 9.97 Å². The summed E-state index contributed by atoms with van der Waals surface area (Å²) < 4.78 is 10.5. The normalized spacial score (nSPS) is 10.9. The fourth-order valence-corrected chi connectivity index (χ4v) is 3.55. The minimum atomic E-state index is -0.360. The highest BCUT2D eigenvalue weighted by atomic mass is 32.1. The number of anilines is 2. The van der Waals surface area contributed by atoms with E-state index >= 15 is 0 Å². The Morgan fingerprint density at radius 1 is 1.20 bits per heavy atom. The molecule has 6 nitrogen and oxygen atoms in total. The average molecular weight is 357 g/mol.